The summed E-state index contributed by atoms with van der Waals surface area (Å²) in [7, 11) is -1.44. The average Bonchev–Trinajstić information content (AvgIpc) is 2.10. The summed E-state index contributed by atoms with van der Waals surface area (Å²) < 4.78 is 13.5. The van der Waals surface area contributed by atoms with Crippen molar-refractivity contribution in [3.63, 3.8) is 0 Å². The third-order valence-corrected chi connectivity index (χ3v) is 6.47. The molecule has 0 heterocycles. The highest BCUT2D eigenvalue weighted by Gasteiger charge is 2.21. The molecule has 0 radical (unpaired) electrons. The van der Waals surface area contributed by atoms with Crippen molar-refractivity contribution in [2.24, 2.45) is 0 Å². The third kappa shape index (κ3) is 3.10. The first kappa shape index (κ1) is 11.7. The summed E-state index contributed by atoms with van der Waals surface area (Å²) in [6, 6.07) is 6.25. The maximum atomic E-state index is 13.5. The Kier molecular flexibility index (Phi) is 3.73. The number of alkyl halides is 1. The van der Waals surface area contributed by atoms with Crippen molar-refractivity contribution >= 4 is 19.7 Å². The van der Waals surface area contributed by atoms with Crippen molar-refractivity contribution in [2.75, 3.05) is 5.50 Å². The number of aryl methyl sites for hydroxylation is 1. The number of rotatable bonds is 3. The minimum atomic E-state index is -1.44. The minimum absolute atomic E-state index is 0.0873. The van der Waals surface area contributed by atoms with E-state index in [1.807, 2.05) is 19.1 Å². The van der Waals surface area contributed by atoms with Gasteiger partial charge in [0.25, 0.3) is 0 Å². The molecular weight excluding hydrogens is 215 g/mol. The highest BCUT2D eigenvalue weighted by molar-refractivity contribution is 6.82. The maximum Gasteiger partial charge on any atom is 0.126 e. The van der Waals surface area contributed by atoms with E-state index in [1.165, 1.54) is 0 Å². The number of halogens is 2. The second-order valence-corrected chi connectivity index (χ2v) is 10.3. The van der Waals surface area contributed by atoms with Crippen LogP contribution in [-0.4, -0.2) is 13.6 Å². The Bertz CT molecular complexity index is 323. The Morgan fingerprint density at radius 2 is 2.00 bits per heavy atom. The van der Waals surface area contributed by atoms with Crippen molar-refractivity contribution in [1.82, 2.24) is 0 Å². The van der Waals surface area contributed by atoms with Crippen LogP contribution in [0.5, 0.6) is 0 Å². The van der Waals surface area contributed by atoms with Crippen LogP contribution in [0, 0.1) is 12.7 Å². The van der Waals surface area contributed by atoms with Gasteiger partial charge in [0.1, 0.15) is 5.82 Å². The van der Waals surface area contributed by atoms with E-state index in [0.717, 1.165) is 17.2 Å². The lowest BCUT2D eigenvalue weighted by Gasteiger charge is -2.19. The van der Waals surface area contributed by atoms with Gasteiger partial charge in [-0.1, -0.05) is 25.2 Å². The van der Waals surface area contributed by atoms with Crippen LogP contribution in [0.1, 0.15) is 11.1 Å². The van der Waals surface area contributed by atoms with Gasteiger partial charge in [0.15, 0.2) is 0 Å². The molecule has 0 atom stereocenters. The predicted molar refractivity (Wildman–Crippen MR) is 63.0 cm³/mol. The Morgan fingerprint density at radius 3 is 2.50 bits per heavy atom. The van der Waals surface area contributed by atoms with Gasteiger partial charge in [0, 0.05) is 5.50 Å². The van der Waals surface area contributed by atoms with Crippen molar-refractivity contribution in [2.45, 2.75) is 26.1 Å². The minimum Gasteiger partial charge on any atom is -0.207 e. The molecule has 0 saturated heterocycles. The lowest BCUT2D eigenvalue weighted by molar-refractivity contribution is 0.615. The van der Waals surface area contributed by atoms with Crippen molar-refractivity contribution < 1.29 is 4.39 Å². The quantitative estimate of drug-likeness (QED) is 0.549. The summed E-state index contributed by atoms with van der Waals surface area (Å²) in [5.74, 6) is -0.0873. The Labute approximate surface area is 91.1 Å². The molecule has 1 aromatic rings. The molecule has 0 nitrogen and oxygen atoms in total. The third-order valence-electron chi connectivity index (χ3n) is 2.24. The maximum absolute atomic E-state index is 13.5. The predicted octanol–water partition coefficient (Wildman–Crippen LogP) is 3.70. The van der Waals surface area contributed by atoms with Crippen molar-refractivity contribution in [3.8, 4) is 0 Å². The first-order valence-electron chi connectivity index (χ1n) is 4.75. The van der Waals surface area contributed by atoms with Gasteiger partial charge in [0.2, 0.25) is 0 Å². The lowest BCUT2D eigenvalue weighted by atomic mass is 10.2. The standard InChI is InChI=1S/C11H16ClFSi/c1-9-4-5-10(11(13)6-9)7-14(2,3)8-12/h4-6H,7-8H2,1-3H3. The number of hydrogen-bond donors (Lipinski definition) is 0. The van der Waals surface area contributed by atoms with Crippen LogP contribution in [0.15, 0.2) is 18.2 Å². The highest BCUT2D eigenvalue weighted by Crippen LogP contribution is 2.17. The van der Waals surface area contributed by atoms with Crippen LogP contribution in [0.2, 0.25) is 13.1 Å². The second kappa shape index (κ2) is 4.45. The molecule has 0 fully saturated rings. The van der Waals surface area contributed by atoms with Gasteiger partial charge in [-0.05, 0) is 30.2 Å². The Morgan fingerprint density at radius 1 is 1.36 bits per heavy atom. The summed E-state index contributed by atoms with van der Waals surface area (Å²) in [4.78, 5) is 0. The van der Waals surface area contributed by atoms with Gasteiger partial charge < -0.3 is 0 Å². The number of hydrogen-bond acceptors (Lipinski definition) is 0. The molecule has 14 heavy (non-hydrogen) atoms. The van der Waals surface area contributed by atoms with E-state index in [2.05, 4.69) is 13.1 Å². The van der Waals surface area contributed by atoms with Gasteiger partial charge in [-0.3, -0.25) is 0 Å². The molecule has 0 bridgehead atoms. The second-order valence-electron chi connectivity index (χ2n) is 4.57. The molecule has 0 N–H and O–H groups in total. The van der Waals surface area contributed by atoms with Crippen LogP contribution < -0.4 is 0 Å². The first-order valence-corrected chi connectivity index (χ1v) is 8.70. The molecule has 0 saturated carbocycles. The van der Waals surface area contributed by atoms with E-state index in [4.69, 9.17) is 11.6 Å². The first-order chi connectivity index (χ1) is 6.44. The molecule has 0 spiro atoms. The van der Waals surface area contributed by atoms with Crippen LogP contribution in [0.3, 0.4) is 0 Å². The number of benzene rings is 1. The summed E-state index contributed by atoms with van der Waals surface area (Å²) in [5.41, 5.74) is 2.46. The molecule has 1 rings (SSSR count). The van der Waals surface area contributed by atoms with E-state index in [0.29, 0.717) is 5.50 Å². The largest absolute Gasteiger partial charge is 0.207 e. The molecule has 0 aliphatic heterocycles. The molecule has 0 amide bonds. The fourth-order valence-corrected chi connectivity index (χ4v) is 3.05. The zero-order chi connectivity index (χ0) is 10.8. The van der Waals surface area contributed by atoms with Gasteiger partial charge in [-0.15, -0.1) is 11.6 Å². The zero-order valence-corrected chi connectivity index (χ0v) is 10.7. The van der Waals surface area contributed by atoms with E-state index < -0.39 is 8.07 Å². The van der Waals surface area contributed by atoms with E-state index >= 15 is 0 Å². The van der Waals surface area contributed by atoms with Crippen LogP contribution >= 0.6 is 11.6 Å². The Balaban J connectivity index is 2.87. The topological polar surface area (TPSA) is 0 Å². The lowest BCUT2D eigenvalue weighted by Crippen LogP contribution is -2.32. The zero-order valence-electron chi connectivity index (χ0n) is 8.90. The highest BCUT2D eigenvalue weighted by atomic mass is 35.5. The summed E-state index contributed by atoms with van der Waals surface area (Å²) in [6.07, 6.45) is 0. The van der Waals surface area contributed by atoms with Gasteiger partial charge >= 0.3 is 0 Å². The Hall–Kier alpha value is -0.343. The summed E-state index contributed by atoms with van der Waals surface area (Å²) in [5, 5.41) is 0. The fraction of sp³-hybridized carbons (Fsp3) is 0.455. The van der Waals surface area contributed by atoms with Gasteiger partial charge in [0.05, 0.1) is 8.07 Å². The normalized spacial score (nSPS) is 11.8. The molecule has 0 unspecified atom stereocenters. The van der Waals surface area contributed by atoms with E-state index in [-0.39, 0.29) is 5.82 Å². The average molecular weight is 231 g/mol. The molecule has 1 aromatic carbocycles. The molecule has 3 heteroatoms. The van der Waals surface area contributed by atoms with Gasteiger partial charge in [-0.2, -0.15) is 0 Å². The van der Waals surface area contributed by atoms with Crippen LogP contribution in [0.4, 0.5) is 4.39 Å². The SMILES string of the molecule is Cc1ccc(C[Si](C)(C)CCl)c(F)c1. The molecule has 0 aromatic heterocycles. The van der Waals surface area contributed by atoms with Crippen LogP contribution in [0.25, 0.3) is 0 Å². The smallest absolute Gasteiger partial charge is 0.126 e. The van der Waals surface area contributed by atoms with Crippen molar-refractivity contribution in [3.05, 3.63) is 35.1 Å². The van der Waals surface area contributed by atoms with Crippen LogP contribution in [-0.2, 0) is 6.04 Å². The molecular formula is C11H16ClFSi. The summed E-state index contributed by atoms with van der Waals surface area (Å²) >= 11 is 5.87. The van der Waals surface area contributed by atoms with Crippen molar-refractivity contribution in [1.29, 1.82) is 0 Å². The summed E-state index contributed by atoms with van der Waals surface area (Å²) in [6.45, 7) is 6.26. The van der Waals surface area contributed by atoms with Gasteiger partial charge in [-0.25, -0.2) is 4.39 Å². The van der Waals surface area contributed by atoms with E-state index in [9.17, 15) is 4.39 Å². The fourth-order valence-electron chi connectivity index (χ4n) is 1.36. The molecule has 78 valence electrons. The molecule has 0 aliphatic carbocycles. The molecule has 0 aliphatic rings. The van der Waals surface area contributed by atoms with E-state index in [1.54, 1.807) is 6.07 Å². The monoisotopic (exact) mass is 230 g/mol.